The molecule has 122 valence electrons. The number of furan rings is 1. The fourth-order valence-corrected chi connectivity index (χ4v) is 2.17. The van der Waals surface area contributed by atoms with Gasteiger partial charge in [0.1, 0.15) is 5.75 Å². The van der Waals surface area contributed by atoms with Crippen LogP contribution in [0.15, 0.2) is 40.8 Å². The normalized spacial score (nSPS) is 10.3. The minimum atomic E-state index is -1.19. The lowest BCUT2D eigenvalue weighted by Gasteiger charge is -2.15. The highest BCUT2D eigenvalue weighted by Gasteiger charge is 2.18. The number of methoxy groups -OCH3 is 1. The number of rotatable bonds is 7. The Balaban J connectivity index is 1.84. The van der Waals surface area contributed by atoms with E-state index in [4.69, 9.17) is 14.3 Å². The Morgan fingerprint density at radius 3 is 2.35 bits per heavy atom. The highest BCUT2D eigenvalue weighted by atomic mass is 16.5. The first-order chi connectivity index (χ1) is 11.0. The van der Waals surface area contributed by atoms with Gasteiger partial charge in [-0.25, -0.2) is 4.79 Å². The molecule has 0 fully saturated rings. The van der Waals surface area contributed by atoms with E-state index >= 15 is 0 Å². The van der Waals surface area contributed by atoms with E-state index in [0.717, 1.165) is 24.2 Å². The molecule has 2 rings (SSSR count). The van der Waals surface area contributed by atoms with Crippen molar-refractivity contribution in [3.63, 3.8) is 0 Å². The van der Waals surface area contributed by atoms with Crippen molar-refractivity contribution in [2.24, 2.45) is 0 Å². The molecule has 1 aromatic carbocycles. The topological polar surface area (TPSA) is 80.0 Å². The number of hydrogen-bond donors (Lipinski definition) is 1. The third-order valence-corrected chi connectivity index (χ3v) is 3.49. The molecule has 1 heterocycles. The van der Waals surface area contributed by atoms with Gasteiger partial charge in [-0.05, 0) is 42.7 Å². The highest BCUT2D eigenvalue weighted by Crippen LogP contribution is 2.14. The zero-order chi connectivity index (χ0) is 16.8. The van der Waals surface area contributed by atoms with E-state index in [1.54, 1.807) is 14.2 Å². The van der Waals surface area contributed by atoms with Crippen molar-refractivity contribution in [1.82, 2.24) is 4.90 Å². The summed E-state index contributed by atoms with van der Waals surface area (Å²) in [7, 11) is 3.29. The molecule has 23 heavy (non-hydrogen) atoms. The fraction of sp³-hybridized carbons (Fsp3) is 0.294. The standard InChI is InChI=1S/C17H19NO5/c1-18(16(19)14-9-10-15(23-14)17(20)21)11-3-4-12-5-7-13(22-2)8-6-12/h5-10H,3-4,11H2,1-2H3,(H,20,21). The number of amides is 1. The van der Waals surface area contributed by atoms with Crippen LogP contribution in [0.2, 0.25) is 0 Å². The molecular formula is C17H19NO5. The predicted octanol–water partition coefficient (Wildman–Crippen LogP) is 2.69. The molecule has 0 aliphatic rings. The van der Waals surface area contributed by atoms with Gasteiger partial charge in [-0.2, -0.15) is 0 Å². The molecule has 0 radical (unpaired) electrons. The summed E-state index contributed by atoms with van der Waals surface area (Å²) in [5.41, 5.74) is 1.16. The maximum absolute atomic E-state index is 12.1. The van der Waals surface area contributed by atoms with E-state index in [-0.39, 0.29) is 17.4 Å². The predicted molar refractivity (Wildman–Crippen MR) is 83.9 cm³/mol. The van der Waals surface area contributed by atoms with E-state index in [2.05, 4.69) is 0 Å². The van der Waals surface area contributed by atoms with Crippen LogP contribution in [0.3, 0.4) is 0 Å². The van der Waals surface area contributed by atoms with Crippen LogP contribution in [-0.2, 0) is 6.42 Å². The summed E-state index contributed by atoms with van der Waals surface area (Å²) in [5.74, 6) is -0.902. The van der Waals surface area contributed by atoms with Crippen molar-refractivity contribution in [3.8, 4) is 5.75 Å². The van der Waals surface area contributed by atoms with Crippen LogP contribution in [0.25, 0.3) is 0 Å². The molecule has 0 aliphatic carbocycles. The first-order valence-corrected chi connectivity index (χ1v) is 7.23. The van der Waals surface area contributed by atoms with Crippen LogP contribution in [0.1, 0.15) is 33.1 Å². The van der Waals surface area contributed by atoms with Crippen LogP contribution in [0, 0.1) is 0 Å². The van der Waals surface area contributed by atoms with E-state index < -0.39 is 5.97 Å². The third kappa shape index (κ3) is 4.35. The summed E-state index contributed by atoms with van der Waals surface area (Å²) >= 11 is 0. The van der Waals surface area contributed by atoms with Gasteiger partial charge in [-0.3, -0.25) is 4.79 Å². The third-order valence-electron chi connectivity index (χ3n) is 3.49. The van der Waals surface area contributed by atoms with Crippen molar-refractivity contribution >= 4 is 11.9 Å². The largest absolute Gasteiger partial charge is 0.497 e. The maximum Gasteiger partial charge on any atom is 0.371 e. The minimum absolute atomic E-state index is 0.0364. The van der Waals surface area contributed by atoms with Gasteiger partial charge < -0.3 is 19.2 Å². The van der Waals surface area contributed by atoms with Crippen LogP contribution in [-0.4, -0.2) is 42.6 Å². The summed E-state index contributed by atoms with van der Waals surface area (Å²) in [6.07, 6.45) is 1.63. The number of ether oxygens (including phenoxy) is 1. The number of carboxylic acids is 1. The van der Waals surface area contributed by atoms with Crippen LogP contribution in [0.4, 0.5) is 0 Å². The number of aromatic carboxylic acids is 1. The summed E-state index contributed by atoms with van der Waals surface area (Å²) in [5, 5.41) is 8.80. The summed E-state index contributed by atoms with van der Waals surface area (Å²) in [4.78, 5) is 24.4. The zero-order valence-corrected chi connectivity index (χ0v) is 13.1. The number of benzene rings is 1. The Bertz CT molecular complexity index is 675. The van der Waals surface area contributed by atoms with Crippen molar-refractivity contribution in [2.45, 2.75) is 12.8 Å². The Hall–Kier alpha value is -2.76. The van der Waals surface area contributed by atoms with E-state index in [1.165, 1.54) is 17.0 Å². The molecule has 6 heteroatoms. The lowest BCUT2D eigenvalue weighted by atomic mass is 10.1. The molecule has 0 saturated heterocycles. The van der Waals surface area contributed by atoms with Crippen LogP contribution in [0.5, 0.6) is 5.75 Å². The Kier molecular flexibility index (Phi) is 5.41. The van der Waals surface area contributed by atoms with Crippen molar-refractivity contribution in [3.05, 3.63) is 53.5 Å². The molecule has 0 spiro atoms. The lowest BCUT2D eigenvalue weighted by Crippen LogP contribution is -2.27. The molecule has 0 saturated carbocycles. The van der Waals surface area contributed by atoms with Gasteiger partial charge in [-0.15, -0.1) is 0 Å². The quantitative estimate of drug-likeness (QED) is 0.849. The fourth-order valence-electron chi connectivity index (χ4n) is 2.17. The number of carbonyl (C=O) groups is 2. The molecule has 0 aliphatic heterocycles. The van der Waals surface area contributed by atoms with Gasteiger partial charge in [-0.1, -0.05) is 12.1 Å². The van der Waals surface area contributed by atoms with Crippen molar-refractivity contribution in [1.29, 1.82) is 0 Å². The van der Waals surface area contributed by atoms with Crippen molar-refractivity contribution in [2.75, 3.05) is 20.7 Å². The van der Waals surface area contributed by atoms with Crippen LogP contribution >= 0.6 is 0 Å². The molecule has 0 bridgehead atoms. The van der Waals surface area contributed by atoms with Gasteiger partial charge in [0.25, 0.3) is 5.91 Å². The SMILES string of the molecule is COc1ccc(CCCN(C)C(=O)c2ccc(C(=O)O)o2)cc1. The molecule has 1 aromatic heterocycles. The van der Waals surface area contributed by atoms with Gasteiger partial charge in [0, 0.05) is 13.6 Å². The lowest BCUT2D eigenvalue weighted by molar-refractivity contribution is 0.0653. The second kappa shape index (κ2) is 7.49. The molecule has 6 nitrogen and oxygen atoms in total. The summed E-state index contributed by atoms with van der Waals surface area (Å²) in [6, 6.07) is 10.5. The van der Waals surface area contributed by atoms with Gasteiger partial charge in [0.05, 0.1) is 7.11 Å². The zero-order valence-electron chi connectivity index (χ0n) is 13.1. The molecule has 2 aromatic rings. The smallest absolute Gasteiger partial charge is 0.371 e. The number of carbonyl (C=O) groups excluding carboxylic acids is 1. The van der Waals surface area contributed by atoms with Gasteiger partial charge in [0.2, 0.25) is 5.76 Å². The first-order valence-electron chi connectivity index (χ1n) is 7.23. The number of aryl methyl sites for hydroxylation is 1. The average molecular weight is 317 g/mol. The Morgan fingerprint density at radius 2 is 1.78 bits per heavy atom. The number of nitrogens with zero attached hydrogens (tertiary/aromatic N) is 1. The monoisotopic (exact) mass is 317 g/mol. The van der Waals surface area contributed by atoms with Crippen LogP contribution < -0.4 is 4.74 Å². The summed E-state index contributed by atoms with van der Waals surface area (Å²) < 4.78 is 10.1. The maximum atomic E-state index is 12.1. The average Bonchev–Trinajstić information content (AvgIpc) is 3.05. The second-order valence-corrected chi connectivity index (χ2v) is 5.15. The Morgan fingerprint density at radius 1 is 1.13 bits per heavy atom. The van der Waals surface area contributed by atoms with Gasteiger partial charge >= 0.3 is 5.97 Å². The summed E-state index contributed by atoms with van der Waals surface area (Å²) in [6.45, 7) is 0.550. The first kappa shape index (κ1) is 16.6. The van der Waals surface area contributed by atoms with Crippen molar-refractivity contribution < 1.29 is 23.8 Å². The van der Waals surface area contributed by atoms with E-state index in [0.29, 0.717) is 6.54 Å². The van der Waals surface area contributed by atoms with E-state index in [1.807, 2.05) is 24.3 Å². The molecule has 1 N–H and O–H groups in total. The molecule has 0 unspecified atom stereocenters. The highest BCUT2D eigenvalue weighted by molar-refractivity contribution is 5.93. The minimum Gasteiger partial charge on any atom is -0.497 e. The molecule has 1 amide bonds. The number of hydrogen-bond acceptors (Lipinski definition) is 4. The van der Waals surface area contributed by atoms with Gasteiger partial charge in [0.15, 0.2) is 5.76 Å². The molecular weight excluding hydrogens is 298 g/mol. The van der Waals surface area contributed by atoms with E-state index in [9.17, 15) is 9.59 Å². The Labute approximate surface area is 134 Å². The second-order valence-electron chi connectivity index (χ2n) is 5.15. The number of carboxylic acid groups (broad SMARTS) is 1. The molecule has 0 atom stereocenters.